The predicted molar refractivity (Wildman–Crippen MR) is 89.4 cm³/mol. The second-order valence-electron chi connectivity index (χ2n) is 5.24. The SMILES string of the molecule is O=C(OCc1cc(Cl)cc(Cl)c1)N1CCC(CCBr)CC1. The van der Waals surface area contributed by atoms with Crippen LogP contribution in [0, 0.1) is 5.92 Å². The van der Waals surface area contributed by atoms with E-state index in [-0.39, 0.29) is 12.7 Å². The van der Waals surface area contributed by atoms with Crippen molar-refractivity contribution in [1.29, 1.82) is 0 Å². The highest BCUT2D eigenvalue weighted by atomic mass is 79.9. The van der Waals surface area contributed by atoms with Gasteiger partial charge in [0.2, 0.25) is 0 Å². The van der Waals surface area contributed by atoms with Gasteiger partial charge in [0, 0.05) is 28.5 Å². The lowest BCUT2D eigenvalue weighted by Gasteiger charge is -2.31. The van der Waals surface area contributed by atoms with Gasteiger partial charge in [-0.15, -0.1) is 0 Å². The molecule has 1 saturated heterocycles. The number of nitrogens with zero attached hydrogens (tertiary/aromatic N) is 1. The molecular weight excluding hydrogens is 377 g/mol. The van der Waals surface area contributed by atoms with Gasteiger partial charge in [0.05, 0.1) is 0 Å². The average Bonchev–Trinajstić information content (AvgIpc) is 2.45. The molecule has 0 spiro atoms. The number of alkyl halides is 1. The standard InChI is InChI=1S/C15H18BrCl2NO2/c16-4-1-11-2-5-19(6-3-11)15(20)21-10-12-7-13(17)9-14(18)8-12/h7-9,11H,1-6,10H2. The summed E-state index contributed by atoms with van der Waals surface area (Å²) >= 11 is 15.3. The Bertz CT molecular complexity index is 470. The van der Waals surface area contributed by atoms with Crippen LogP contribution < -0.4 is 0 Å². The molecule has 1 fully saturated rings. The molecule has 0 aromatic heterocycles. The number of halogens is 3. The molecule has 0 aliphatic carbocycles. The van der Waals surface area contributed by atoms with Crippen molar-refractivity contribution >= 4 is 45.2 Å². The fourth-order valence-corrected chi connectivity index (χ4v) is 3.71. The number of hydrogen-bond acceptors (Lipinski definition) is 2. The van der Waals surface area contributed by atoms with Crippen LogP contribution in [0.4, 0.5) is 4.79 Å². The number of ether oxygens (including phenoxy) is 1. The molecule has 1 aromatic rings. The van der Waals surface area contributed by atoms with Gasteiger partial charge in [-0.25, -0.2) is 4.79 Å². The molecule has 3 nitrogen and oxygen atoms in total. The van der Waals surface area contributed by atoms with Crippen LogP contribution >= 0.6 is 39.1 Å². The van der Waals surface area contributed by atoms with Crippen molar-refractivity contribution < 1.29 is 9.53 Å². The van der Waals surface area contributed by atoms with Crippen LogP contribution in [0.3, 0.4) is 0 Å². The maximum absolute atomic E-state index is 12.0. The smallest absolute Gasteiger partial charge is 0.410 e. The number of carbonyl (C=O) groups excluding carboxylic acids is 1. The topological polar surface area (TPSA) is 29.5 Å². The fourth-order valence-electron chi connectivity index (χ4n) is 2.49. The Hall–Kier alpha value is -0.450. The zero-order chi connectivity index (χ0) is 15.2. The summed E-state index contributed by atoms with van der Waals surface area (Å²) in [6, 6.07) is 5.16. The molecule has 0 unspecified atom stereocenters. The van der Waals surface area contributed by atoms with Crippen molar-refractivity contribution in [2.75, 3.05) is 18.4 Å². The van der Waals surface area contributed by atoms with E-state index in [1.807, 2.05) is 0 Å². The average molecular weight is 395 g/mol. The number of piperidine rings is 1. The lowest BCUT2D eigenvalue weighted by molar-refractivity contribution is 0.0821. The lowest BCUT2D eigenvalue weighted by Crippen LogP contribution is -2.38. The molecule has 0 N–H and O–H groups in total. The minimum Gasteiger partial charge on any atom is -0.445 e. The number of rotatable bonds is 4. The lowest BCUT2D eigenvalue weighted by atomic mass is 9.95. The Kier molecular flexibility index (Phi) is 6.65. The van der Waals surface area contributed by atoms with Gasteiger partial charge < -0.3 is 9.64 Å². The van der Waals surface area contributed by atoms with E-state index in [1.165, 1.54) is 6.42 Å². The van der Waals surface area contributed by atoms with Gasteiger partial charge in [-0.1, -0.05) is 39.1 Å². The second kappa shape index (κ2) is 8.25. The predicted octanol–water partition coefficient (Wildman–Crippen LogP) is 5.13. The third-order valence-corrected chi connectivity index (χ3v) is 4.57. The second-order valence-corrected chi connectivity index (χ2v) is 6.91. The van der Waals surface area contributed by atoms with Gasteiger partial charge in [0.1, 0.15) is 6.61 Å². The van der Waals surface area contributed by atoms with Crippen molar-refractivity contribution in [2.45, 2.75) is 25.9 Å². The van der Waals surface area contributed by atoms with E-state index < -0.39 is 0 Å². The first-order chi connectivity index (χ1) is 10.1. The third kappa shape index (κ3) is 5.35. The van der Waals surface area contributed by atoms with Gasteiger partial charge in [-0.2, -0.15) is 0 Å². The van der Waals surface area contributed by atoms with Crippen LogP contribution in [0.5, 0.6) is 0 Å². The molecule has 1 aromatic carbocycles. The van der Waals surface area contributed by atoms with E-state index >= 15 is 0 Å². The minimum atomic E-state index is -0.261. The van der Waals surface area contributed by atoms with Crippen LogP contribution in [0.15, 0.2) is 18.2 Å². The Morgan fingerprint density at radius 1 is 1.24 bits per heavy atom. The summed E-state index contributed by atoms with van der Waals surface area (Å²) in [4.78, 5) is 13.8. The van der Waals surface area contributed by atoms with Gasteiger partial charge in [0.15, 0.2) is 0 Å². The minimum absolute atomic E-state index is 0.195. The van der Waals surface area contributed by atoms with Crippen molar-refractivity contribution in [3.63, 3.8) is 0 Å². The molecule has 1 aliphatic heterocycles. The number of hydrogen-bond donors (Lipinski definition) is 0. The monoisotopic (exact) mass is 393 g/mol. The van der Waals surface area contributed by atoms with Crippen LogP contribution in [-0.2, 0) is 11.3 Å². The summed E-state index contributed by atoms with van der Waals surface area (Å²) in [6.07, 6.45) is 3.00. The van der Waals surface area contributed by atoms with Crippen LogP contribution in [0.25, 0.3) is 0 Å². The van der Waals surface area contributed by atoms with Gasteiger partial charge in [-0.3, -0.25) is 0 Å². The highest BCUT2D eigenvalue weighted by Crippen LogP contribution is 2.23. The quantitative estimate of drug-likeness (QED) is 0.662. The molecule has 1 aliphatic rings. The fraction of sp³-hybridized carbons (Fsp3) is 0.533. The van der Waals surface area contributed by atoms with E-state index in [1.54, 1.807) is 23.1 Å². The maximum Gasteiger partial charge on any atom is 0.410 e. The largest absolute Gasteiger partial charge is 0.445 e. The Morgan fingerprint density at radius 3 is 2.43 bits per heavy atom. The molecule has 2 rings (SSSR count). The van der Waals surface area contributed by atoms with Crippen LogP contribution in [0.1, 0.15) is 24.8 Å². The molecule has 0 saturated carbocycles. The zero-order valence-corrected chi connectivity index (χ0v) is 14.8. The first-order valence-electron chi connectivity index (χ1n) is 7.01. The molecule has 6 heteroatoms. The van der Waals surface area contributed by atoms with E-state index in [0.29, 0.717) is 16.0 Å². The summed E-state index contributed by atoms with van der Waals surface area (Å²) in [5.74, 6) is 0.708. The summed E-state index contributed by atoms with van der Waals surface area (Å²) in [6.45, 7) is 1.74. The van der Waals surface area contributed by atoms with E-state index in [2.05, 4.69) is 15.9 Å². The van der Waals surface area contributed by atoms with Gasteiger partial charge in [0.25, 0.3) is 0 Å². The maximum atomic E-state index is 12.0. The zero-order valence-electron chi connectivity index (χ0n) is 11.7. The van der Waals surface area contributed by atoms with Crippen molar-refractivity contribution in [1.82, 2.24) is 4.90 Å². The highest BCUT2D eigenvalue weighted by molar-refractivity contribution is 9.09. The first kappa shape index (κ1) is 16.9. The molecule has 21 heavy (non-hydrogen) atoms. The third-order valence-electron chi connectivity index (χ3n) is 3.67. The molecule has 0 radical (unpaired) electrons. The van der Waals surface area contributed by atoms with Gasteiger partial charge in [-0.05, 0) is 48.9 Å². The summed E-state index contributed by atoms with van der Waals surface area (Å²) < 4.78 is 5.33. The Balaban J connectivity index is 1.80. The normalized spacial score (nSPS) is 16.0. The molecule has 1 heterocycles. The summed E-state index contributed by atoms with van der Waals surface area (Å²) in [7, 11) is 0. The van der Waals surface area contributed by atoms with E-state index in [4.69, 9.17) is 27.9 Å². The van der Waals surface area contributed by atoms with Crippen LogP contribution in [0.2, 0.25) is 10.0 Å². The summed E-state index contributed by atoms with van der Waals surface area (Å²) in [5, 5.41) is 2.12. The highest BCUT2D eigenvalue weighted by Gasteiger charge is 2.23. The number of carbonyl (C=O) groups is 1. The Labute approximate surface area is 143 Å². The molecular formula is C15H18BrCl2NO2. The van der Waals surface area contributed by atoms with Crippen molar-refractivity contribution in [3.05, 3.63) is 33.8 Å². The number of benzene rings is 1. The van der Waals surface area contributed by atoms with E-state index in [0.717, 1.165) is 36.8 Å². The molecule has 0 bridgehead atoms. The number of likely N-dealkylation sites (tertiary alicyclic amines) is 1. The molecule has 1 amide bonds. The van der Waals surface area contributed by atoms with Crippen molar-refractivity contribution in [2.24, 2.45) is 5.92 Å². The summed E-state index contributed by atoms with van der Waals surface area (Å²) in [5.41, 5.74) is 0.801. The molecule has 116 valence electrons. The van der Waals surface area contributed by atoms with Crippen molar-refractivity contribution in [3.8, 4) is 0 Å². The van der Waals surface area contributed by atoms with E-state index in [9.17, 15) is 4.79 Å². The molecule has 0 atom stereocenters. The van der Waals surface area contributed by atoms with Crippen LogP contribution in [-0.4, -0.2) is 29.4 Å². The first-order valence-corrected chi connectivity index (χ1v) is 8.89. The van der Waals surface area contributed by atoms with Gasteiger partial charge >= 0.3 is 6.09 Å². The Morgan fingerprint density at radius 2 is 1.86 bits per heavy atom. The number of amides is 1.